The summed E-state index contributed by atoms with van der Waals surface area (Å²) in [5, 5.41) is 11.1. The zero-order valence-corrected chi connectivity index (χ0v) is 27.2. The molecular weight excluding hydrogens is 655 g/mol. The Hall–Kier alpha value is -3.42. The second-order valence-electron chi connectivity index (χ2n) is 11.7. The second-order valence-corrected chi connectivity index (χ2v) is 13.4. The van der Waals surface area contributed by atoms with Crippen LogP contribution in [0.25, 0.3) is 22.0 Å². The lowest BCUT2D eigenvalue weighted by Gasteiger charge is -2.34. The van der Waals surface area contributed by atoms with Crippen LogP contribution in [0.5, 0.6) is 0 Å². The van der Waals surface area contributed by atoms with E-state index >= 15 is 4.39 Å². The number of thiazole rings is 1. The molecule has 240 valence electrons. The first kappa shape index (κ1) is 31.2. The van der Waals surface area contributed by atoms with Gasteiger partial charge in [0.2, 0.25) is 0 Å². The van der Waals surface area contributed by atoms with Crippen molar-refractivity contribution >= 4 is 56.5 Å². The van der Waals surface area contributed by atoms with E-state index in [9.17, 15) is 9.18 Å². The van der Waals surface area contributed by atoms with Crippen molar-refractivity contribution in [2.24, 2.45) is 0 Å². The number of likely N-dealkylation sites (tertiary alicyclic amines) is 1. The number of alkyl halides is 2. The van der Waals surface area contributed by atoms with Crippen LogP contribution in [-0.2, 0) is 22.5 Å². The average molecular weight is 687 g/mol. The third kappa shape index (κ3) is 5.93. The number of nitrogens with zero attached hydrogens (tertiary/aromatic N) is 6. The van der Waals surface area contributed by atoms with Crippen LogP contribution in [0.15, 0.2) is 54.4 Å². The standard InChI is InChI=1S/C32H31Cl2F2N7O2S/c1-45-10-9-41-8-6-21(25(36)16-41)18-2-4-19(5-3-18)22-13-24(33)23-15-43(40-28(23)27(22)34)30(31(44)39-32-37-7-11-46-32)29-26-12-20(35)14-42(26)17-38-29/h2-5,7,11,13,15,17,20-21,25,30H,6,8-10,12,14,16H2,1H3,(H,37,39,44)/t20-,21-,25+,30?/m1/s1. The number of ether oxygens (including phenoxy) is 1. The molecule has 0 saturated carbocycles. The fourth-order valence-electron chi connectivity index (χ4n) is 6.49. The fraction of sp³-hybridized carbons (Fsp3) is 0.375. The molecule has 2 aliphatic heterocycles. The summed E-state index contributed by atoms with van der Waals surface area (Å²) in [5.74, 6) is -0.611. The van der Waals surface area contributed by atoms with Gasteiger partial charge in [0.1, 0.15) is 17.9 Å². The quantitative estimate of drug-likeness (QED) is 0.189. The van der Waals surface area contributed by atoms with E-state index in [0.717, 1.165) is 30.6 Å². The van der Waals surface area contributed by atoms with E-state index in [2.05, 4.69) is 20.2 Å². The first-order valence-electron chi connectivity index (χ1n) is 15.0. The number of carbonyl (C=O) groups excluding carboxylic acids is 1. The lowest BCUT2D eigenvalue weighted by molar-refractivity contribution is -0.118. The summed E-state index contributed by atoms with van der Waals surface area (Å²) < 4.78 is 37.9. The first-order valence-corrected chi connectivity index (χ1v) is 16.6. The minimum atomic E-state index is -1.06. The number of hydrogen-bond acceptors (Lipinski definition) is 7. The smallest absolute Gasteiger partial charge is 0.257 e. The van der Waals surface area contributed by atoms with Crippen molar-refractivity contribution in [3.05, 3.63) is 81.4 Å². The maximum absolute atomic E-state index is 15.2. The monoisotopic (exact) mass is 685 g/mol. The van der Waals surface area contributed by atoms with Crippen LogP contribution >= 0.6 is 34.5 Å². The Bertz CT molecular complexity index is 1860. The number of amides is 1. The van der Waals surface area contributed by atoms with Crippen LogP contribution in [-0.4, -0.2) is 80.8 Å². The van der Waals surface area contributed by atoms with Gasteiger partial charge in [-0.1, -0.05) is 47.5 Å². The van der Waals surface area contributed by atoms with Gasteiger partial charge in [-0.25, -0.2) is 18.7 Å². The van der Waals surface area contributed by atoms with Crippen molar-refractivity contribution in [1.29, 1.82) is 0 Å². The van der Waals surface area contributed by atoms with Gasteiger partial charge in [0, 0.05) is 67.0 Å². The minimum Gasteiger partial charge on any atom is -0.383 e. The van der Waals surface area contributed by atoms with Crippen LogP contribution in [0.2, 0.25) is 10.0 Å². The van der Waals surface area contributed by atoms with Crippen molar-refractivity contribution < 1.29 is 18.3 Å². The van der Waals surface area contributed by atoms with Gasteiger partial charge in [-0.2, -0.15) is 5.10 Å². The lowest BCUT2D eigenvalue weighted by atomic mass is 9.87. The Morgan fingerprint density at radius 3 is 2.76 bits per heavy atom. The van der Waals surface area contributed by atoms with E-state index < -0.39 is 24.3 Å². The van der Waals surface area contributed by atoms with Crippen molar-refractivity contribution in [2.45, 2.75) is 43.7 Å². The first-order chi connectivity index (χ1) is 22.3. The SMILES string of the molecule is COCCN1CC[C@H](c2ccc(-c3cc(Cl)c4cn(C(C(=O)Nc5nccs5)c5ncn6c5C[C@@H](F)C6)nc4c3Cl)cc2)[C@@H](F)C1. The van der Waals surface area contributed by atoms with E-state index in [1.54, 1.807) is 41.8 Å². The third-order valence-corrected chi connectivity index (χ3v) is 10.2. The van der Waals surface area contributed by atoms with E-state index in [1.807, 2.05) is 24.3 Å². The molecule has 9 nitrogen and oxygen atoms in total. The highest BCUT2D eigenvalue weighted by Crippen LogP contribution is 2.40. The number of methoxy groups -OCH3 is 1. The van der Waals surface area contributed by atoms with Crippen LogP contribution in [0, 0.1) is 0 Å². The number of anilines is 1. The highest BCUT2D eigenvalue weighted by Gasteiger charge is 2.35. The summed E-state index contributed by atoms with van der Waals surface area (Å²) in [6.45, 7) is 2.69. The second kappa shape index (κ2) is 13.0. The third-order valence-electron chi connectivity index (χ3n) is 8.81. The van der Waals surface area contributed by atoms with Crippen molar-refractivity contribution in [3.63, 3.8) is 0 Å². The number of aromatic nitrogens is 5. The number of rotatable bonds is 9. The molecular formula is C32H31Cl2F2N7O2S. The summed E-state index contributed by atoms with van der Waals surface area (Å²) in [6, 6.07) is 8.48. The molecule has 1 saturated heterocycles. The number of hydrogen-bond donors (Lipinski definition) is 1. The summed E-state index contributed by atoms with van der Waals surface area (Å²) in [4.78, 5) is 24.5. The number of imidazole rings is 1. The van der Waals surface area contributed by atoms with Gasteiger partial charge in [0.05, 0.1) is 35.2 Å². The highest BCUT2D eigenvalue weighted by molar-refractivity contribution is 7.13. The molecule has 1 N–H and O–H groups in total. The van der Waals surface area contributed by atoms with Gasteiger partial charge in [0.15, 0.2) is 11.2 Å². The molecule has 4 atom stereocenters. The van der Waals surface area contributed by atoms with E-state index in [-0.39, 0.29) is 18.9 Å². The van der Waals surface area contributed by atoms with Crippen LogP contribution in [0.1, 0.15) is 35.3 Å². The summed E-state index contributed by atoms with van der Waals surface area (Å²) in [7, 11) is 1.65. The molecule has 46 heavy (non-hydrogen) atoms. The number of piperidine rings is 1. The largest absolute Gasteiger partial charge is 0.383 e. The minimum absolute atomic E-state index is 0.148. The number of nitrogens with one attached hydrogen (secondary N) is 1. The Morgan fingerprint density at radius 1 is 1.20 bits per heavy atom. The fourth-order valence-corrected chi connectivity index (χ4v) is 7.57. The van der Waals surface area contributed by atoms with E-state index in [4.69, 9.17) is 33.0 Å². The summed E-state index contributed by atoms with van der Waals surface area (Å²) in [6.07, 6.45) is 3.65. The maximum Gasteiger partial charge on any atom is 0.257 e. The van der Waals surface area contributed by atoms with Crippen molar-refractivity contribution in [2.75, 3.05) is 38.7 Å². The van der Waals surface area contributed by atoms with E-state index in [1.165, 1.54) is 16.0 Å². The predicted molar refractivity (Wildman–Crippen MR) is 175 cm³/mol. The number of fused-ring (bicyclic) bond motifs is 2. The Kier molecular flexibility index (Phi) is 8.81. The molecule has 5 aromatic rings. The molecule has 3 aromatic heterocycles. The Balaban J connectivity index is 1.20. The van der Waals surface area contributed by atoms with Crippen LogP contribution in [0.4, 0.5) is 13.9 Å². The molecule has 2 aliphatic rings. The lowest BCUT2D eigenvalue weighted by Crippen LogP contribution is -2.42. The van der Waals surface area contributed by atoms with Crippen molar-refractivity contribution in [3.8, 4) is 11.1 Å². The van der Waals surface area contributed by atoms with Gasteiger partial charge in [-0.05, 0) is 30.2 Å². The predicted octanol–water partition coefficient (Wildman–Crippen LogP) is 6.56. The van der Waals surface area contributed by atoms with E-state index in [0.29, 0.717) is 56.2 Å². The summed E-state index contributed by atoms with van der Waals surface area (Å²) in [5.41, 5.74) is 3.86. The maximum atomic E-state index is 15.2. The molecule has 2 aromatic carbocycles. The van der Waals surface area contributed by atoms with Gasteiger partial charge in [-0.15, -0.1) is 11.3 Å². The number of carbonyl (C=O) groups is 1. The Morgan fingerprint density at radius 2 is 2.02 bits per heavy atom. The van der Waals surface area contributed by atoms with Gasteiger partial charge in [-0.3, -0.25) is 19.7 Å². The molecule has 1 fully saturated rings. The molecule has 7 rings (SSSR count). The molecule has 1 unspecified atom stereocenters. The zero-order valence-electron chi connectivity index (χ0n) is 24.9. The molecule has 1 amide bonds. The van der Waals surface area contributed by atoms with Gasteiger partial charge in [0.25, 0.3) is 5.91 Å². The molecule has 5 heterocycles. The number of halogens is 4. The average Bonchev–Trinajstić information content (AvgIpc) is 3.85. The topological polar surface area (TPSA) is 90.1 Å². The normalized spacial score (nSPS) is 20.7. The Labute approximate surface area is 278 Å². The molecule has 0 spiro atoms. The van der Waals surface area contributed by atoms with Crippen LogP contribution in [0.3, 0.4) is 0 Å². The molecule has 14 heteroatoms. The summed E-state index contributed by atoms with van der Waals surface area (Å²) >= 11 is 15.1. The zero-order chi connectivity index (χ0) is 31.9. The van der Waals surface area contributed by atoms with Gasteiger partial charge >= 0.3 is 0 Å². The molecule has 0 radical (unpaired) electrons. The van der Waals surface area contributed by atoms with Crippen LogP contribution < -0.4 is 5.32 Å². The van der Waals surface area contributed by atoms with Crippen molar-refractivity contribution in [1.82, 2.24) is 29.2 Å². The highest BCUT2D eigenvalue weighted by atomic mass is 35.5. The number of benzene rings is 2. The molecule has 0 bridgehead atoms. The van der Waals surface area contributed by atoms with Gasteiger partial charge < -0.3 is 9.30 Å². The molecule has 0 aliphatic carbocycles.